The molecule has 0 radical (unpaired) electrons. The van der Waals surface area contributed by atoms with Crippen molar-refractivity contribution in [3.63, 3.8) is 0 Å². The van der Waals surface area contributed by atoms with Gasteiger partial charge in [-0.2, -0.15) is 5.10 Å². The minimum atomic E-state index is -2.29. The zero-order valence-electron chi connectivity index (χ0n) is 15.9. The summed E-state index contributed by atoms with van der Waals surface area (Å²) >= 11 is 0. The Morgan fingerprint density at radius 3 is 2.65 bits per heavy atom. The van der Waals surface area contributed by atoms with Gasteiger partial charge in [0.05, 0.1) is 12.4 Å². The third kappa shape index (κ3) is 2.32. The number of hydrogen-bond acceptors (Lipinski definition) is 5. The van der Waals surface area contributed by atoms with Gasteiger partial charge < -0.3 is 9.80 Å². The van der Waals surface area contributed by atoms with Crippen molar-refractivity contribution in [1.82, 2.24) is 20.2 Å². The largest absolute Gasteiger partial charge is 0.338 e. The summed E-state index contributed by atoms with van der Waals surface area (Å²) in [5.41, 5.74) is 4.69. The number of nitrogens with one attached hydrogen (secondary N) is 1. The lowest BCUT2D eigenvalue weighted by Gasteiger charge is -2.19. The van der Waals surface area contributed by atoms with E-state index in [1.54, 1.807) is 6.20 Å². The highest BCUT2D eigenvalue weighted by molar-refractivity contribution is 5.78. The van der Waals surface area contributed by atoms with E-state index in [1.807, 2.05) is 43.0 Å². The molecule has 0 unspecified atom stereocenters. The molecule has 0 atom stereocenters. The first-order valence-electron chi connectivity index (χ1n) is 8.83. The van der Waals surface area contributed by atoms with Crippen molar-refractivity contribution in [2.45, 2.75) is 13.8 Å². The Bertz CT molecular complexity index is 965. The maximum Gasteiger partial charge on any atom is 0.178 e. The summed E-state index contributed by atoms with van der Waals surface area (Å²) in [5.74, 6) is 0.907. The molecule has 1 aliphatic rings. The summed E-state index contributed by atoms with van der Waals surface area (Å²) in [4.78, 5) is 11.8. The van der Waals surface area contributed by atoms with Crippen molar-refractivity contribution in [3.8, 4) is 11.3 Å². The molecule has 0 saturated heterocycles. The highest BCUT2D eigenvalue weighted by Crippen LogP contribution is 2.37. The van der Waals surface area contributed by atoms with Crippen molar-refractivity contribution in [2.24, 2.45) is 0 Å². The first-order chi connectivity index (χ1) is 12.3. The molecule has 2 aromatic heterocycles. The zero-order valence-corrected chi connectivity index (χ0v) is 12.9. The van der Waals surface area contributed by atoms with Crippen LogP contribution < -0.4 is 9.80 Å². The van der Waals surface area contributed by atoms with Crippen molar-refractivity contribution < 1.29 is 4.11 Å². The van der Waals surface area contributed by atoms with Crippen LogP contribution in [0.1, 0.15) is 15.4 Å². The Morgan fingerprint density at radius 2 is 1.91 bits per heavy atom. The van der Waals surface area contributed by atoms with Gasteiger partial charge in [-0.25, -0.2) is 9.97 Å². The second-order valence-electron chi connectivity index (χ2n) is 5.69. The van der Waals surface area contributed by atoms with Gasteiger partial charge in [-0.05, 0) is 43.7 Å². The number of aromatic amines is 1. The summed E-state index contributed by atoms with van der Waals surface area (Å²) in [6.45, 7) is 1.83. The SMILES string of the molecule is [2H]C([2H])([2H])N1CN(c2cc(C)cc(-c3cc(C)[nH]n3)c2)c2nccnc21. The second-order valence-corrected chi connectivity index (χ2v) is 5.69. The van der Waals surface area contributed by atoms with Crippen LogP contribution >= 0.6 is 0 Å². The predicted octanol–water partition coefficient (Wildman–Crippen LogP) is 3.03. The minimum absolute atomic E-state index is 0.165. The topological polar surface area (TPSA) is 60.9 Å². The minimum Gasteiger partial charge on any atom is -0.338 e. The maximum atomic E-state index is 7.78. The predicted molar refractivity (Wildman–Crippen MR) is 90.9 cm³/mol. The van der Waals surface area contributed by atoms with Gasteiger partial charge in [0.2, 0.25) is 0 Å². The van der Waals surface area contributed by atoms with E-state index < -0.39 is 6.98 Å². The van der Waals surface area contributed by atoms with E-state index in [1.165, 1.54) is 11.1 Å². The molecular weight excluding hydrogens is 288 g/mol. The molecule has 23 heavy (non-hydrogen) atoms. The molecule has 0 spiro atoms. The van der Waals surface area contributed by atoms with Gasteiger partial charge >= 0.3 is 0 Å². The molecule has 3 aromatic rings. The lowest BCUT2D eigenvalue weighted by Crippen LogP contribution is -2.24. The highest BCUT2D eigenvalue weighted by atomic mass is 15.4. The molecule has 0 amide bonds. The number of nitrogens with zero attached hydrogens (tertiary/aromatic N) is 5. The highest BCUT2D eigenvalue weighted by Gasteiger charge is 2.27. The number of aryl methyl sites for hydroxylation is 2. The Labute approximate surface area is 139 Å². The number of hydrogen-bond donors (Lipinski definition) is 1. The molecule has 0 aliphatic carbocycles. The Hall–Kier alpha value is -2.89. The molecule has 6 nitrogen and oxygen atoms in total. The molecule has 0 fully saturated rings. The fourth-order valence-electron chi connectivity index (χ4n) is 2.82. The number of benzene rings is 1. The maximum absolute atomic E-state index is 7.78. The zero-order chi connectivity index (χ0) is 18.5. The van der Waals surface area contributed by atoms with E-state index in [0.29, 0.717) is 11.6 Å². The molecule has 0 bridgehead atoms. The quantitative estimate of drug-likeness (QED) is 0.788. The van der Waals surface area contributed by atoms with Gasteiger partial charge in [-0.15, -0.1) is 0 Å². The summed E-state index contributed by atoms with van der Waals surface area (Å²) < 4.78 is 23.4. The van der Waals surface area contributed by atoms with Crippen LogP contribution in [0.15, 0.2) is 36.7 Å². The number of anilines is 3. The van der Waals surface area contributed by atoms with Gasteiger partial charge in [-0.1, -0.05) is 0 Å². The van der Waals surface area contributed by atoms with Crippen LogP contribution in [0, 0.1) is 13.8 Å². The number of fused-ring (bicyclic) bond motifs is 1. The molecule has 1 aliphatic heterocycles. The first-order valence-corrected chi connectivity index (χ1v) is 7.33. The molecule has 4 rings (SSSR count). The standard InChI is InChI=1S/C17H18N6/c1-11-6-13(15-8-12(2)20-21-15)9-14(7-11)23-10-22(3)16-17(23)19-5-4-18-16/h4-9H,10H2,1-3H3,(H,20,21)/i3D3. The van der Waals surface area contributed by atoms with Gasteiger partial charge in [-0.3, -0.25) is 5.10 Å². The van der Waals surface area contributed by atoms with Gasteiger partial charge in [0.15, 0.2) is 11.6 Å². The molecule has 1 aromatic carbocycles. The molecule has 116 valence electrons. The second kappa shape index (κ2) is 5.08. The Balaban J connectivity index is 1.80. The fourth-order valence-corrected chi connectivity index (χ4v) is 2.82. The van der Waals surface area contributed by atoms with E-state index in [2.05, 4.69) is 20.2 Å². The summed E-state index contributed by atoms with van der Waals surface area (Å²) in [5, 5.41) is 7.27. The van der Waals surface area contributed by atoms with Crippen molar-refractivity contribution >= 4 is 17.3 Å². The lowest BCUT2D eigenvalue weighted by atomic mass is 10.1. The average Bonchev–Trinajstić information content (AvgIpc) is 3.18. The van der Waals surface area contributed by atoms with Crippen LogP contribution in [0.25, 0.3) is 11.3 Å². The van der Waals surface area contributed by atoms with Crippen molar-refractivity contribution in [2.75, 3.05) is 23.4 Å². The Kier molecular flexibility index (Phi) is 2.38. The molecule has 6 heteroatoms. The van der Waals surface area contributed by atoms with Gasteiger partial charge in [0, 0.05) is 40.4 Å². The van der Waals surface area contributed by atoms with Crippen LogP contribution in [0.5, 0.6) is 0 Å². The normalized spacial score (nSPS) is 16.0. The summed E-state index contributed by atoms with van der Waals surface area (Å²) in [6.07, 6.45) is 3.08. The third-order valence-electron chi connectivity index (χ3n) is 3.83. The number of aromatic nitrogens is 4. The lowest BCUT2D eigenvalue weighted by molar-refractivity contribution is 0.935. The van der Waals surface area contributed by atoms with Gasteiger partial charge in [0.25, 0.3) is 0 Å². The average molecular weight is 309 g/mol. The fraction of sp³-hybridized carbons (Fsp3) is 0.235. The van der Waals surface area contributed by atoms with Gasteiger partial charge in [0.1, 0.15) is 0 Å². The van der Waals surface area contributed by atoms with E-state index in [9.17, 15) is 0 Å². The molecular formula is C17H18N6. The number of rotatable bonds is 2. The third-order valence-corrected chi connectivity index (χ3v) is 3.83. The van der Waals surface area contributed by atoms with E-state index >= 15 is 0 Å². The smallest absolute Gasteiger partial charge is 0.178 e. The molecule has 3 heterocycles. The van der Waals surface area contributed by atoms with Crippen LogP contribution in [-0.4, -0.2) is 33.8 Å². The first kappa shape index (κ1) is 10.8. The van der Waals surface area contributed by atoms with Crippen molar-refractivity contribution in [1.29, 1.82) is 0 Å². The van der Waals surface area contributed by atoms with Crippen LogP contribution in [0.3, 0.4) is 0 Å². The molecule has 1 N–H and O–H groups in total. The van der Waals surface area contributed by atoms with E-state index in [-0.39, 0.29) is 6.67 Å². The van der Waals surface area contributed by atoms with Crippen LogP contribution in [-0.2, 0) is 0 Å². The Morgan fingerprint density at radius 1 is 1.09 bits per heavy atom. The van der Waals surface area contributed by atoms with Crippen LogP contribution in [0.2, 0.25) is 0 Å². The van der Waals surface area contributed by atoms with E-state index in [4.69, 9.17) is 4.11 Å². The van der Waals surface area contributed by atoms with Crippen LogP contribution in [0.4, 0.5) is 17.3 Å². The summed E-state index contributed by atoms with van der Waals surface area (Å²) in [7, 11) is 0. The molecule has 0 saturated carbocycles. The van der Waals surface area contributed by atoms with Crippen molar-refractivity contribution in [3.05, 3.63) is 47.9 Å². The monoisotopic (exact) mass is 309 g/mol. The number of H-pyrrole nitrogens is 1. The summed E-state index contributed by atoms with van der Waals surface area (Å²) in [6, 6.07) is 8.02. The van der Waals surface area contributed by atoms with E-state index in [0.717, 1.165) is 28.2 Å².